The van der Waals surface area contributed by atoms with Crippen LogP contribution in [0.15, 0.2) is 33.8 Å². The minimum absolute atomic E-state index is 0.239. The van der Waals surface area contributed by atoms with Crippen LogP contribution in [0.3, 0.4) is 0 Å². The summed E-state index contributed by atoms with van der Waals surface area (Å²) in [6, 6.07) is 10.4. The van der Waals surface area contributed by atoms with Crippen molar-refractivity contribution in [3.63, 3.8) is 0 Å². The molecule has 0 amide bonds. The van der Waals surface area contributed by atoms with Crippen molar-refractivity contribution in [2.24, 2.45) is 3.52 Å². The molecule has 0 aliphatic carbocycles. The van der Waals surface area contributed by atoms with E-state index in [1.807, 2.05) is 18.2 Å². The van der Waals surface area contributed by atoms with E-state index in [2.05, 4.69) is 33.9 Å². The Morgan fingerprint density at radius 1 is 1.31 bits per heavy atom. The normalized spacial score (nSPS) is 12.2. The van der Waals surface area contributed by atoms with Crippen molar-refractivity contribution in [2.45, 2.75) is 0 Å². The number of hydrogen-bond donors (Lipinski definition) is 0. The predicted molar refractivity (Wildman–Crippen MR) is 55.4 cm³/mol. The molecule has 0 N–H and O–H groups in total. The van der Waals surface area contributed by atoms with Crippen LogP contribution in [0.4, 0.5) is 0 Å². The quantitative estimate of drug-likeness (QED) is 0.255. The summed E-state index contributed by atoms with van der Waals surface area (Å²) in [5, 5.41) is -0.0448. The average Bonchev–Trinajstić information content (AvgIpc) is 2.16. The third-order valence-corrected chi connectivity index (χ3v) is 10.1. The summed E-state index contributed by atoms with van der Waals surface area (Å²) in [4.78, 5) is 2.85. The van der Waals surface area contributed by atoms with Crippen molar-refractivity contribution in [1.29, 1.82) is 0 Å². The van der Waals surface area contributed by atoms with Crippen LogP contribution in [0.2, 0.25) is 0 Å². The first kappa shape index (κ1) is 10.8. The first-order valence-corrected chi connectivity index (χ1v) is 10.9. The number of azide groups is 1. The molecular weight excluding hydrogens is 366 g/mol. The van der Waals surface area contributed by atoms with Gasteiger partial charge in [-0.25, -0.2) is 0 Å². The van der Waals surface area contributed by atoms with Crippen molar-refractivity contribution in [3.8, 4) is 0 Å². The van der Waals surface area contributed by atoms with E-state index in [9.17, 15) is 0 Å². The molecule has 0 radical (unpaired) electrons. The predicted octanol–water partition coefficient (Wildman–Crippen LogP) is 2.54. The van der Waals surface area contributed by atoms with Crippen LogP contribution in [0, 0.1) is 0 Å². The van der Waals surface area contributed by atoms with Crippen LogP contribution < -0.4 is 5.30 Å². The first-order valence-electron chi connectivity index (χ1n) is 3.85. The summed E-state index contributed by atoms with van der Waals surface area (Å²) in [6.07, 6.45) is 0. The summed E-state index contributed by atoms with van der Waals surface area (Å²) in [7, 11) is 0. The molecule has 0 fully saturated rings. The van der Waals surface area contributed by atoms with Crippen molar-refractivity contribution in [2.75, 3.05) is 13.3 Å². The zero-order chi connectivity index (χ0) is 9.73. The van der Waals surface area contributed by atoms with Crippen molar-refractivity contribution < 1.29 is 19.5 Å². The fourth-order valence-electron chi connectivity index (χ4n) is 0.950. The Morgan fingerprint density at radius 2 is 1.92 bits per heavy atom. The van der Waals surface area contributed by atoms with E-state index in [0.29, 0.717) is 0 Å². The summed E-state index contributed by atoms with van der Waals surface area (Å²) in [5.74, 6) is 0. The number of benzene rings is 1. The van der Waals surface area contributed by atoms with E-state index >= 15 is 0 Å². The molecule has 0 aliphatic heterocycles. The molecule has 3 nitrogen and oxygen atoms in total. The van der Waals surface area contributed by atoms with Crippen molar-refractivity contribution in [1.82, 2.24) is 0 Å². The van der Waals surface area contributed by atoms with E-state index < -0.39 is 5.15 Å². The molecule has 0 aliphatic rings. The third kappa shape index (κ3) is 3.15. The third-order valence-electron chi connectivity index (χ3n) is 1.66. The number of hydrogen-bond acceptors (Lipinski definition) is 1. The Morgan fingerprint density at radius 3 is 2.46 bits per heavy atom. The zero-order valence-corrected chi connectivity index (χ0v) is 10.7. The monoisotopic (exact) mass is 378 g/mol. The molecule has 5 heteroatoms. The molecule has 75 valence electrons. The standard InChI is InChI=1S/C8H11P.Au.N3/c1-9(2)8-6-4-3-5-7-8;;1-3-2/h3-7H,1-2H3;;/q;;-1/p+1. The maximum absolute atomic E-state index is 8.28. The van der Waals surface area contributed by atoms with Crippen molar-refractivity contribution >= 4 is 10.5 Å². The van der Waals surface area contributed by atoms with Gasteiger partial charge in [0, 0.05) is 0 Å². The SMILES string of the molecule is C[PH](C)([Au][N]=[N+]=[N-])c1ccccc1. The van der Waals surface area contributed by atoms with Gasteiger partial charge in [-0.1, -0.05) is 0 Å². The van der Waals surface area contributed by atoms with Gasteiger partial charge < -0.3 is 0 Å². The van der Waals surface area contributed by atoms with E-state index in [0.717, 1.165) is 0 Å². The number of rotatable bonds is 3. The van der Waals surface area contributed by atoms with Gasteiger partial charge in [-0.05, 0) is 0 Å². The molecule has 1 aromatic rings. The first-order chi connectivity index (χ1) is 6.17. The average molecular weight is 378 g/mol. The minimum atomic E-state index is -1.42. The van der Waals surface area contributed by atoms with Crippen LogP contribution in [-0.2, 0) is 19.5 Å². The van der Waals surface area contributed by atoms with E-state index in [-0.39, 0.29) is 19.5 Å². The molecule has 1 aromatic carbocycles. The fourth-order valence-corrected chi connectivity index (χ4v) is 6.00. The van der Waals surface area contributed by atoms with E-state index in [1.165, 1.54) is 5.30 Å². The molecule has 0 saturated carbocycles. The Labute approximate surface area is 87.6 Å². The Balaban J connectivity index is 2.87. The van der Waals surface area contributed by atoms with Crippen LogP contribution in [0.1, 0.15) is 0 Å². The Hall–Kier alpha value is -0.300. The van der Waals surface area contributed by atoms with E-state index in [4.69, 9.17) is 5.53 Å². The van der Waals surface area contributed by atoms with Gasteiger partial charge in [0.1, 0.15) is 0 Å². The topological polar surface area (TPSA) is 48.8 Å². The molecule has 0 atom stereocenters. The second kappa shape index (κ2) is 4.80. The second-order valence-corrected chi connectivity index (χ2v) is 16.4. The van der Waals surface area contributed by atoms with Crippen molar-refractivity contribution in [3.05, 3.63) is 40.8 Å². The molecule has 13 heavy (non-hydrogen) atoms. The van der Waals surface area contributed by atoms with Gasteiger partial charge in [-0.15, -0.1) is 0 Å². The zero-order valence-electron chi connectivity index (χ0n) is 7.53. The van der Waals surface area contributed by atoms with Gasteiger partial charge in [-0.2, -0.15) is 0 Å². The van der Waals surface area contributed by atoms with E-state index in [1.54, 1.807) is 0 Å². The second-order valence-electron chi connectivity index (χ2n) is 2.96. The fraction of sp³-hybridized carbons (Fsp3) is 0.250. The summed E-state index contributed by atoms with van der Waals surface area (Å²) < 4.78 is 3.76. The maximum atomic E-state index is 8.28. The van der Waals surface area contributed by atoms with Crippen LogP contribution in [0.5, 0.6) is 0 Å². The van der Waals surface area contributed by atoms with Gasteiger partial charge in [0.15, 0.2) is 0 Å². The molecule has 0 saturated heterocycles. The van der Waals surface area contributed by atoms with Gasteiger partial charge in [0.2, 0.25) is 0 Å². The molecule has 1 rings (SSSR count). The molecule has 0 unspecified atom stereocenters. The number of nitrogens with zero attached hydrogens (tertiary/aromatic N) is 3. The summed E-state index contributed by atoms with van der Waals surface area (Å²) >= 11 is -0.239. The Bertz CT molecular complexity index is 319. The molecule has 0 heterocycles. The van der Waals surface area contributed by atoms with Gasteiger partial charge in [-0.3, -0.25) is 0 Å². The van der Waals surface area contributed by atoms with Gasteiger partial charge in [0.05, 0.1) is 0 Å². The Kier molecular flexibility index (Phi) is 3.98. The molecule has 0 bridgehead atoms. The molecular formula is C8H12AuN3P. The summed E-state index contributed by atoms with van der Waals surface area (Å²) in [6.45, 7) is 4.50. The van der Waals surface area contributed by atoms with Crippen LogP contribution in [0.25, 0.3) is 10.4 Å². The molecule has 0 spiro atoms. The van der Waals surface area contributed by atoms with Gasteiger partial charge in [0.25, 0.3) is 0 Å². The van der Waals surface area contributed by atoms with Crippen LogP contribution in [-0.4, -0.2) is 13.3 Å². The molecule has 0 aromatic heterocycles. The summed E-state index contributed by atoms with van der Waals surface area (Å²) in [5.41, 5.74) is 8.28. The van der Waals surface area contributed by atoms with Crippen LogP contribution >= 0.6 is 5.15 Å². The van der Waals surface area contributed by atoms with Gasteiger partial charge >= 0.3 is 87.6 Å².